The molecule has 0 aromatic heterocycles. The lowest BCUT2D eigenvalue weighted by molar-refractivity contribution is -0.142. The lowest BCUT2D eigenvalue weighted by atomic mass is 10.5. The first-order valence-corrected chi connectivity index (χ1v) is 3.42. The quantitative estimate of drug-likeness (QED) is 0.451. The predicted molar refractivity (Wildman–Crippen MR) is 36.6 cm³/mol. The average Bonchev–Trinajstić information content (AvgIpc) is 1.82. The summed E-state index contributed by atoms with van der Waals surface area (Å²) < 4.78 is 4.68. The van der Waals surface area contributed by atoms with Crippen molar-refractivity contribution in [2.75, 3.05) is 6.61 Å². The fourth-order valence-electron chi connectivity index (χ4n) is 0.317. The summed E-state index contributed by atoms with van der Waals surface area (Å²) in [5.74, 6) is -0.335. The molecule has 0 fully saturated rings. The van der Waals surface area contributed by atoms with Gasteiger partial charge in [-0.2, -0.15) is 0 Å². The van der Waals surface area contributed by atoms with E-state index in [1.807, 2.05) is 6.92 Å². The fourth-order valence-corrected chi connectivity index (χ4v) is 0.380. The summed E-state index contributed by atoms with van der Waals surface area (Å²) in [5.41, 5.74) is 0. The minimum atomic E-state index is -0.517. The molecule has 0 spiro atoms. The van der Waals surface area contributed by atoms with Crippen molar-refractivity contribution < 1.29 is 9.53 Å². The molecule has 0 heterocycles. The molecule has 0 rings (SSSR count). The van der Waals surface area contributed by atoms with E-state index in [2.05, 4.69) is 4.74 Å². The second kappa shape index (κ2) is 4.62. The van der Waals surface area contributed by atoms with Crippen LogP contribution in [0.2, 0.25) is 0 Å². The van der Waals surface area contributed by atoms with Crippen LogP contribution >= 0.6 is 11.6 Å². The first-order chi connectivity index (χ1) is 4.18. The third-order valence-electron chi connectivity index (χ3n) is 0.773. The van der Waals surface area contributed by atoms with Gasteiger partial charge >= 0.3 is 5.97 Å². The van der Waals surface area contributed by atoms with Gasteiger partial charge in [-0.3, -0.25) is 4.79 Å². The number of carbonyl (C=O) groups excluding carboxylic acids is 1. The molecule has 2 nitrogen and oxygen atoms in total. The van der Waals surface area contributed by atoms with E-state index in [1.54, 1.807) is 6.92 Å². The molecule has 0 aliphatic carbocycles. The highest BCUT2D eigenvalue weighted by Gasteiger charge is 2.08. The van der Waals surface area contributed by atoms with Crippen LogP contribution in [0.3, 0.4) is 0 Å². The SMILES string of the molecule is CCCOC(=O)C(C)Cl. The number of esters is 1. The Labute approximate surface area is 60.1 Å². The second-order valence-corrected chi connectivity index (χ2v) is 2.44. The molecular formula is C6H11ClO2. The molecule has 9 heavy (non-hydrogen) atoms. The molecule has 0 saturated heterocycles. The lowest BCUT2D eigenvalue weighted by Crippen LogP contribution is -2.14. The van der Waals surface area contributed by atoms with Crippen LogP contribution in [0.25, 0.3) is 0 Å². The van der Waals surface area contributed by atoms with Crippen molar-refractivity contribution in [3.05, 3.63) is 0 Å². The van der Waals surface area contributed by atoms with Gasteiger partial charge in [0.1, 0.15) is 5.38 Å². The Hall–Kier alpha value is -0.240. The molecule has 0 N–H and O–H groups in total. The van der Waals surface area contributed by atoms with Gasteiger partial charge in [-0.05, 0) is 13.3 Å². The number of rotatable bonds is 3. The molecule has 0 aliphatic heterocycles. The smallest absolute Gasteiger partial charge is 0.323 e. The summed E-state index contributed by atoms with van der Waals surface area (Å²) in [5, 5.41) is -0.517. The predicted octanol–water partition coefficient (Wildman–Crippen LogP) is 1.57. The van der Waals surface area contributed by atoms with Crippen molar-refractivity contribution >= 4 is 17.6 Å². The van der Waals surface area contributed by atoms with Gasteiger partial charge in [0, 0.05) is 0 Å². The van der Waals surface area contributed by atoms with Crippen LogP contribution in [0.15, 0.2) is 0 Å². The fraction of sp³-hybridized carbons (Fsp3) is 0.833. The van der Waals surface area contributed by atoms with Gasteiger partial charge in [0.05, 0.1) is 6.61 Å². The van der Waals surface area contributed by atoms with Crippen molar-refractivity contribution in [1.29, 1.82) is 0 Å². The summed E-state index contributed by atoms with van der Waals surface area (Å²) in [7, 11) is 0. The van der Waals surface area contributed by atoms with Gasteiger partial charge in [-0.1, -0.05) is 6.92 Å². The van der Waals surface area contributed by atoms with Gasteiger partial charge in [0.2, 0.25) is 0 Å². The third kappa shape index (κ3) is 4.28. The van der Waals surface area contributed by atoms with Gasteiger partial charge in [0.25, 0.3) is 0 Å². The Kier molecular flexibility index (Phi) is 4.50. The summed E-state index contributed by atoms with van der Waals surface area (Å²) in [4.78, 5) is 10.5. The van der Waals surface area contributed by atoms with Gasteiger partial charge < -0.3 is 4.74 Å². The number of ether oxygens (including phenoxy) is 1. The van der Waals surface area contributed by atoms with E-state index in [1.165, 1.54) is 0 Å². The summed E-state index contributed by atoms with van der Waals surface area (Å²) in [6.07, 6.45) is 0.843. The molecule has 0 aromatic rings. The van der Waals surface area contributed by atoms with Gasteiger partial charge in [-0.15, -0.1) is 11.6 Å². The lowest BCUT2D eigenvalue weighted by Gasteiger charge is -2.02. The molecule has 3 heteroatoms. The van der Waals surface area contributed by atoms with Gasteiger partial charge in [0.15, 0.2) is 0 Å². The monoisotopic (exact) mass is 150 g/mol. The van der Waals surface area contributed by atoms with Crippen LogP contribution in [0.4, 0.5) is 0 Å². The molecule has 0 bridgehead atoms. The molecule has 0 aromatic carbocycles. The molecule has 54 valence electrons. The van der Waals surface area contributed by atoms with E-state index in [9.17, 15) is 4.79 Å². The number of hydrogen-bond acceptors (Lipinski definition) is 2. The largest absolute Gasteiger partial charge is 0.465 e. The molecule has 0 amide bonds. The summed E-state index contributed by atoms with van der Waals surface area (Å²) in [6.45, 7) is 4.00. The maximum atomic E-state index is 10.5. The maximum absolute atomic E-state index is 10.5. The van der Waals surface area contributed by atoms with Crippen LogP contribution in [0.5, 0.6) is 0 Å². The Balaban J connectivity index is 3.28. The van der Waals surface area contributed by atoms with E-state index < -0.39 is 5.38 Å². The zero-order valence-electron chi connectivity index (χ0n) is 5.69. The zero-order chi connectivity index (χ0) is 7.28. The Morgan fingerprint density at radius 1 is 1.78 bits per heavy atom. The van der Waals surface area contributed by atoms with Crippen LogP contribution in [-0.4, -0.2) is 18.0 Å². The topological polar surface area (TPSA) is 26.3 Å². The van der Waals surface area contributed by atoms with Crippen LogP contribution in [0, 0.1) is 0 Å². The number of halogens is 1. The summed E-state index contributed by atoms with van der Waals surface area (Å²) >= 11 is 5.39. The number of carbonyl (C=O) groups is 1. The van der Waals surface area contributed by atoms with Gasteiger partial charge in [-0.25, -0.2) is 0 Å². The second-order valence-electron chi connectivity index (χ2n) is 1.78. The normalized spacial score (nSPS) is 12.8. The highest BCUT2D eigenvalue weighted by molar-refractivity contribution is 6.29. The van der Waals surface area contributed by atoms with E-state index in [0.29, 0.717) is 6.61 Å². The van der Waals surface area contributed by atoms with Crippen molar-refractivity contribution in [1.82, 2.24) is 0 Å². The standard InChI is InChI=1S/C6H11ClO2/c1-3-4-9-6(8)5(2)7/h5H,3-4H2,1-2H3. The highest BCUT2D eigenvalue weighted by Crippen LogP contribution is 1.96. The molecular weight excluding hydrogens is 140 g/mol. The van der Waals surface area contributed by atoms with Crippen molar-refractivity contribution in [2.24, 2.45) is 0 Å². The molecule has 0 radical (unpaired) electrons. The first kappa shape index (κ1) is 8.76. The van der Waals surface area contributed by atoms with Crippen molar-refractivity contribution in [2.45, 2.75) is 25.6 Å². The third-order valence-corrected chi connectivity index (χ3v) is 0.951. The van der Waals surface area contributed by atoms with Crippen LogP contribution < -0.4 is 0 Å². The van der Waals surface area contributed by atoms with Crippen LogP contribution in [-0.2, 0) is 9.53 Å². The van der Waals surface area contributed by atoms with Crippen molar-refractivity contribution in [3.63, 3.8) is 0 Å². The number of hydrogen-bond donors (Lipinski definition) is 0. The Bertz CT molecular complexity index is 91.1. The Morgan fingerprint density at radius 3 is 2.67 bits per heavy atom. The zero-order valence-corrected chi connectivity index (χ0v) is 6.44. The minimum Gasteiger partial charge on any atom is -0.465 e. The highest BCUT2D eigenvalue weighted by atomic mass is 35.5. The molecule has 1 atom stereocenters. The van der Waals surface area contributed by atoms with Crippen molar-refractivity contribution in [3.8, 4) is 0 Å². The average molecular weight is 151 g/mol. The van der Waals surface area contributed by atoms with E-state index in [-0.39, 0.29) is 5.97 Å². The van der Waals surface area contributed by atoms with E-state index >= 15 is 0 Å². The van der Waals surface area contributed by atoms with E-state index in [4.69, 9.17) is 11.6 Å². The molecule has 0 saturated carbocycles. The number of alkyl halides is 1. The summed E-state index contributed by atoms with van der Waals surface area (Å²) in [6, 6.07) is 0. The minimum absolute atomic E-state index is 0.335. The Morgan fingerprint density at radius 2 is 2.33 bits per heavy atom. The molecule has 0 aliphatic rings. The van der Waals surface area contributed by atoms with E-state index in [0.717, 1.165) is 6.42 Å². The molecule has 1 unspecified atom stereocenters. The maximum Gasteiger partial charge on any atom is 0.323 e. The first-order valence-electron chi connectivity index (χ1n) is 2.99. The van der Waals surface area contributed by atoms with Crippen LogP contribution in [0.1, 0.15) is 20.3 Å².